The van der Waals surface area contributed by atoms with Crippen molar-refractivity contribution >= 4 is 21.8 Å². The number of nitrogens with zero attached hydrogens (tertiary/aromatic N) is 1. The number of rotatable bonds is 16. The minimum absolute atomic E-state index is 0.627. The fraction of sp³-hybridized carbons (Fsp3) is 0.568. The van der Waals surface area contributed by atoms with Crippen molar-refractivity contribution in [2.45, 2.75) is 91.5 Å². The number of methoxy groups -OCH3 is 4. The number of unbranched alkanes of at least 4 members (excludes halogenated alkanes) is 1. The second kappa shape index (κ2) is 16.1. The van der Waals surface area contributed by atoms with Gasteiger partial charge in [-0.15, -0.1) is 0 Å². The van der Waals surface area contributed by atoms with Gasteiger partial charge in [-0.3, -0.25) is 4.90 Å². The minimum Gasteiger partial charge on any atom is -0.496 e. The first-order valence-electron chi connectivity index (χ1n) is 16.6. The number of H-pyrrole nitrogens is 2. The van der Waals surface area contributed by atoms with E-state index < -0.39 is 0 Å². The lowest BCUT2D eigenvalue weighted by atomic mass is 10.0. The molecule has 1 unspecified atom stereocenters. The smallest absolute Gasteiger partial charge is 0.205 e. The number of ether oxygens (including phenoxy) is 4. The molecule has 2 aromatic carbocycles. The molecular formula is C37H55N3O4. The van der Waals surface area contributed by atoms with Crippen LogP contribution in [0.15, 0.2) is 30.3 Å². The predicted molar refractivity (Wildman–Crippen MR) is 183 cm³/mol. The predicted octanol–water partition coefficient (Wildman–Crippen LogP) is 9.24. The van der Waals surface area contributed by atoms with Gasteiger partial charge >= 0.3 is 0 Å². The lowest BCUT2D eigenvalue weighted by molar-refractivity contribution is 0.259. The topological polar surface area (TPSA) is 71.7 Å². The summed E-state index contributed by atoms with van der Waals surface area (Å²) in [7, 11) is 6.70. The molecule has 44 heavy (non-hydrogen) atoms. The van der Waals surface area contributed by atoms with Crippen LogP contribution in [-0.2, 0) is 13.0 Å². The number of hydrogen-bond donors (Lipinski definition) is 2. The Labute approximate surface area is 264 Å². The van der Waals surface area contributed by atoms with E-state index in [0.717, 1.165) is 29.6 Å². The van der Waals surface area contributed by atoms with E-state index >= 15 is 0 Å². The molecule has 5 rings (SSSR count). The monoisotopic (exact) mass is 605 g/mol. The van der Waals surface area contributed by atoms with Gasteiger partial charge in [0.25, 0.3) is 0 Å². The number of fused-ring (bicyclic) bond motifs is 2. The molecule has 0 aliphatic heterocycles. The zero-order valence-corrected chi connectivity index (χ0v) is 28.4. The van der Waals surface area contributed by atoms with Crippen molar-refractivity contribution in [1.29, 1.82) is 0 Å². The first-order valence-corrected chi connectivity index (χ1v) is 16.6. The molecule has 7 heteroatoms. The highest BCUT2D eigenvalue weighted by Crippen LogP contribution is 2.46. The summed E-state index contributed by atoms with van der Waals surface area (Å²) >= 11 is 0. The molecule has 1 aliphatic carbocycles. The molecule has 1 aliphatic rings. The molecule has 0 spiro atoms. The van der Waals surface area contributed by atoms with E-state index in [-0.39, 0.29) is 0 Å². The summed E-state index contributed by atoms with van der Waals surface area (Å²) in [4.78, 5) is 9.67. The van der Waals surface area contributed by atoms with Gasteiger partial charge in [-0.25, -0.2) is 0 Å². The van der Waals surface area contributed by atoms with Crippen molar-refractivity contribution in [1.82, 2.24) is 14.9 Å². The number of aromatic amines is 2. The Morgan fingerprint density at radius 3 is 2.07 bits per heavy atom. The first-order chi connectivity index (χ1) is 21.4. The number of nitrogens with one attached hydrogen (secondary N) is 2. The molecule has 0 bridgehead atoms. The molecule has 0 saturated heterocycles. The van der Waals surface area contributed by atoms with Crippen molar-refractivity contribution in [2.24, 2.45) is 5.92 Å². The average Bonchev–Trinajstić information content (AvgIpc) is 3.68. The van der Waals surface area contributed by atoms with Crippen molar-refractivity contribution in [3.05, 3.63) is 47.3 Å². The Hall–Kier alpha value is -3.32. The van der Waals surface area contributed by atoms with E-state index in [1.165, 1.54) is 85.9 Å². The molecule has 0 radical (unpaired) electrons. The van der Waals surface area contributed by atoms with Crippen LogP contribution >= 0.6 is 0 Å². The van der Waals surface area contributed by atoms with Crippen LogP contribution in [0.3, 0.4) is 0 Å². The fourth-order valence-corrected chi connectivity index (χ4v) is 6.30. The zero-order valence-electron chi connectivity index (χ0n) is 28.4. The van der Waals surface area contributed by atoms with Gasteiger partial charge in [-0.1, -0.05) is 47.0 Å². The fourth-order valence-electron chi connectivity index (χ4n) is 6.30. The standard InChI is InChI=1S/C20H30N2O.C17H25NO3/c1-4-6-10-22(9-5-2)14-17-11-16-12-20(23-3)18(15-7-8-15)13-19(16)21-17;1-6-7-11(2)8-13-9-12-10-14(19-3)16(20-4)17(21-5)15(12)18-13/h11-13,15,21H,4-10,14H2,1-3H3;9-11,18H,6-8H2,1-5H3. The molecule has 2 aromatic heterocycles. The molecule has 0 amide bonds. The highest BCUT2D eigenvalue weighted by Gasteiger charge is 2.27. The van der Waals surface area contributed by atoms with Crippen LogP contribution in [0, 0.1) is 5.92 Å². The van der Waals surface area contributed by atoms with Gasteiger partial charge in [0.05, 0.1) is 34.0 Å². The van der Waals surface area contributed by atoms with Gasteiger partial charge in [0, 0.05) is 34.2 Å². The summed E-state index contributed by atoms with van der Waals surface area (Å²) in [5, 5.41) is 2.36. The molecule has 2 heterocycles. The van der Waals surface area contributed by atoms with Crippen molar-refractivity contribution in [3.63, 3.8) is 0 Å². The quantitative estimate of drug-likeness (QED) is 0.133. The first kappa shape index (κ1) is 33.6. The maximum Gasteiger partial charge on any atom is 0.205 e. The van der Waals surface area contributed by atoms with E-state index in [4.69, 9.17) is 18.9 Å². The Morgan fingerprint density at radius 1 is 0.750 bits per heavy atom. The summed E-state index contributed by atoms with van der Waals surface area (Å²) in [6.07, 6.45) is 9.84. The summed E-state index contributed by atoms with van der Waals surface area (Å²) in [5.41, 5.74) is 6.15. The molecule has 1 fully saturated rings. The number of aromatic nitrogens is 2. The number of hydrogen-bond acceptors (Lipinski definition) is 5. The highest BCUT2D eigenvalue weighted by atomic mass is 16.5. The van der Waals surface area contributed by atoms with Crippen LogP contribution < -0.4 is 18.9 Å². The Balaban J connectivity index is 0.000000202. The maximum absolute atomic E-state index is 5.61. The molecule has 242 valence electrons. The summed E-state index contributed by atoms with van der Waals surface area (Å²) in [6.45, 7) is 12.4. The van der Waals surface area contributed by atoms with E-state index in [9.17, 15) is 0 Å². The Kier molecular flexibility index (Phi) is 12.3. The van der Waals surface area contributed by atoms with Gasteiger partial charge in [0.1, 0.15) is 5.75 Å². The van der Waals surface area contributed by atoms with Gasteiger partial charge in [0.2, 0.25) is 5.75 Å². The van der Waals surface area contributed by atoms with Crippen LogP contribution in [0.25, 0.3) is 21.8 Å². The van der Waals surface area contributed by atoms with Crippen LogP contribution in [0.4, 0.5) is 0 Å². The molecule has 4 aromatic rings. The van der Waals surface area contributed by atoms with E-state index in [1.54, 1.807) is 28.4 Å². The van der Waals surface area contributed by atoms with Crippen LogP contribution in [0.1, 0.15) is 95.5 Å². The van der Waals surface area contributed by atoms with Gasteiger partial charge in [-0.05, 0) is 92.9 Å². The normalized spacial score (nSPS) is 13.7. The lowest BCUT2D eigenvalue weighted by Crippen LogP contribution is -2.25. The van der Waals surface area contributed by atoms with Crippen molar-refractivity contribution < 1.29 is 18.9 Å². The van der Waals surface area contributed by atoms with E-state index in [2.05, 4.69) is 66.8 Å². The molecule has 1 saturated carbocycles. The van der Waals surface area contributed by atoms with Gasteiger partial charge in [0.15, 0.2) is 11.5 Å². The SMILES string of the molecule is CCCC(C)Cc1cc2cc(OC)c(OC)c(OC)c2[nH]1.CCCCN(CCC)Cc1cc2cc(OC)c(C3CC3)cc2[nH]1. The second-order valence-electron chi connectivity index (χ2n) is 12.4. The third kappa shape index (κ3) is 8.23. The van der Waals surface area contributed by atoms with E-state index in [0.29, 0.717) is 29.1 Å². The lowest BCUT2D eigenvalue weighted by Gasteiger charge is -2.20. The summed E-state index contributed by atoms with van der Waals surface area (Å²) in [6, 6.07) is 11.0. The van der Waals surface area contributed by atoms with Crippen LogP contribution in [0.5, 0.6) is 23.0 Å². The largest absolute Gasteiger partial charge is 0.496 e. The van der Waals surface area contributed by atoms with Gasteiger partial charge < -0.3 is 28.9 Å². The molecule has 1 atom stereocenters. The third-order valence-corrected chi connectivity index (χ3v) is 8.63. The van der Waals surface area contributed by atoms with Crippen molar-refractivity contribution in [2.75, 3.05) is 41.5 Å². The zero-order chi connectivity index (χ0) is 31.6. The average molecular weight is 606 g/mol. The molecule has 2 N–H and O–H groups in total. The third-order valence-electron chi connectivity index (χ3n) is 8.63. The molecule has 7 nitrogen and oxygen atoms in total. The Bertz CT molecular complexity index is 1470. The number of benzene rings is 2. The van der Waals surface area contributed by atoms with E-state index in [1.807, 2.05) is 6.07 Å². The van der Waals surface area contributed by atoms with Crippen molar-refractivity contribution in [3.8, 4) is 23.0 Å². The highest BCUT2D eigenvalue weighted by molar-refractivity contribution is 5.91. The maximum atomic E-state index is 5.61. The summed E-state index contributed by atoms with van der Waals surface area (Å²) < 4.78 is 22.0. The Morgan fingerprint density at radius 2 is 1.45 bits per heavy atom. The minimum atomic E-state index is 0.627. The van der Waals surface area contributed by atoms with Crippen LogP contribution in [-0.4, -0.2) is 56.4 Å². The second-order valence-corrected chi connectivity index (χ2v) is 12.4. The molecular weight excluding hydrogens is 550 g/mol. The van der Waals surface area contributed by atoms with Crippen LogP contribution in [0.2, 0.25) is 0 Å². The summed E-state index contributed by atoms with van der Waals surface area (Å²) in [5.74, 6) is 4.44. The van der Waals surface area contributed by atoms with Gasteiger partial charge in [-0.2, -0.15) is 0 Å².